The highest BCUT2D eigenvalue weighted by atomic mass is 32.2. The quantitative estimate of drug-likeness (QED) is 0.916. The van der Waals surface area contributed by atoms with Crippen LogP contribution in [0.2, 0.25) is 0 Å². The summed E-state index contributed by atoms with van der Waals surface area (Å²) in [5.74, 6) is 2.61. The maximum Gasteiger partial charge on any atom is 0.136 e. The Morgan fingerprint density at radius 2 is 2.44 bits per heavy atom. The van der Waals surface area contributed by atoms with Gasteiger partial charge in [0.25, 0.3) is 0 Å². The zero-order valence-corrected chi connectivity index (χ0v) is 11.3. The first kappa shape index (κ1) is 12.1. The Morgan fingerprint density at radius 3 is 3.28 bits per heavy atom. The first-order chi connectivity index (χ1) is 8.92. The Bertz CT molecular complexity index is 469. The van der Waals surface area contributed by atoms with Crippen LogP contribution >= 0.6 is 11.8 Å². The summed E-state index contributed by atoms with van der Waals surface area (Å²) in [5, 5.41) is 3.64. The molecule has 2 aromatic rings. The van der Waals surface area contributed by atoms with E-state index in [1.807, 2.05) is 12.1 Å². The molecule has 0 aliphatic carbocycles. The number of imidazole rings is 1. The Labute approximate surface area is 112 Å². The average Bonchev–Trinajstić information content (AvgIpc) is 2.82. The van der Waals surface area contributed by atoms with Crippen molar-refractivity contribution in [2.75, 3.05) is 18.1 Å². The Balaban J connectivity index is 1.53. The van der Waals surface area contributed by atoms with Gasteiger partial charge in [0.2, 0.25) is 0 Å². The van der Waals surface area contributed by atoms with Crippen LogP contribution < -0.4 is 5.32 Å². The van der Waals surface area contributed by atoms with E-state index in [2.05, 4.69) is 44.9 Å². The van der Waals surface area contributed by atoms with Crippen LogP contribution in [0.15, 0.2) is 30.6 Å². The number of hydrogen-bond acceptors (Lipinski definition) is 3. The number of fused-ring (bicyclic) bond motifs is 1. The molecule has 0 spiro atoms. The zero-order valence-electron chi connectivity index (χ0n) is 10.5. The van der Waals surface area contributed by atoms with Crippen LogP contribution in [0.25, 0.3) is 5.65 Å². The van der Waals surface area contributed by atoms with Crippen LogP contribution in [0.5, 0.6) is 0 Å². The van der Waals surface area contributed by atoms with Crippen molar-refractivity contribution in [2.24, 2.45) is 0 Å². The molecule has 0 radical (unpaired) electrons. The first-order valence-corrected chi connectivity index (χ1v) is 7.81. The van der Waals surface area contributed by atoms with E-state index in [9.17, 15) is 0 Å². The van der Waals surface area contributed by atoms with Gasteiger partial charge in [-0.25, -0.2) is 4.98 Å². The third-order valence-corrected chi connectivity index (χ3v) is 4.60. The molecule has 2 aromatic heterocycles. The molecule has 18 heavy (non-hydrogen) atoms. The van der Waals surface area contributed by atoms with E-state index in [1.165, 1.54) is 30.0 Å². The molecule has 1 N–H and O–H groups in total. The lowest BCUT2D eigenvalue weighted by atomic mass is 10.2. The molecule has 1 saturated heterocycles. The molecular weight excluding hydrogens is 242 g/mol. The summed E-state index contributed by atoms with van der Waals surface area (Å²) in [6.45, 7) is 1.04. The molecule has 96 valence electrons. The Morgan fingerprint density at radius 1 is 1.44 bits per heavy atom. The monoisotopic (exact) mass is 261 g/mol. The summed E-state index contributed by atoms with van der Waals surface area (Å²) >= 11 is 2.07. The number of hydrogen-bond donors (Lipinski definition) is 1. The van der Waals surface area contributed by atoms with E-state index in [0.717, 1.165) is 18.6 Å². The predicted molar refractivity (Wildman–Crippen MR) is 77.2 cm³/mol. The van der Waals surface area contributed by atoms with E-state index in [4.69, 9.17) is 0 Å². The maximum absolute atomic E-state index is 4.61. The highest BCUT2D eigenvalue weighted by Crippen LogP contribution is 2.16. The molecule has 3 rings (SSSR count). The number of pyridine rings is 1. The number of rotatable bonds is 4. The van der Waals surface area contributed by atoms with Crippen molar-refractivity contribution in [3.63, 3.8) is 0 Å². The van der Waals surface area contributed by atoms with Crippen LogP contribution in [-0.2, 0) is 6.42 Å². The molecule has 1 fully saturated rings. The van der Waals surface area contributed by atoms with Gasteiger partial charge in [0.1, 0.15) is 5.65 Å². The molecule has 1 aliphatic rings. The van der Waals surface area contributed by atoms with E-state index < -0.39 is 0 Å². The summed E-state index contributed by atoms with van der Waals surface area (Å²) in [4.78, 5) is 4.61. The van der Waals surface area contributed by atoms with Crippen molar-refractivity contribution in [1.29, 1.82) is 0 Å². The predicted octanol–water partition coefficient (Wildman–Crippen LogP) is 2.36. The number of thioether (sulfide) groups is 1. The van der Waals surface area contributed by atoms with Crippen molar-refractivity contribution < 1.29 is 0 Å². The molecule has 1 unspecified atom stereocenters. The molecule has 1 aliphatic heterocycles. The van der Waals surface area contributed by atoms with Gasteiger partial charge < -0.3 is 9.72 Å². The fraction of sp³-hybridized carbons (Fsp3) is 0.500. The Hall–Kier alpha value is -1.00. The van der Waals surface area contributed by atoms with Crippen molar-refractivity contribution >= 4 is 17.4 Å². The van der Waals surface area contributed by atoms with Gasteiger partial charge >= 0.3 is 0 Å². The van der Waals surface area contributed by atoms with Gasteiger partial charge in [-0.2, -0.15) is 11.8 Å². The highest BCUT2D eigenvalue weighted by molar-refractivity contribution is 7.99. The summed E-state index contributed by atoms with van der Waals surface area (Å²) in [6, 6.07) is 6.83. The summed E-state index contributed by atoms with van der Waals surface area (Å²) in [6.07, 6.45) is 7.89. The second kappa shape index (κ2) is 5.76. The van der Waals surface area contributed by atoms with Crippen LogP contribution in [0.4, 0.5) is 0 Å². The van der Waals surface area contributed by atoms with E-state index in [0.29, 0.717) is 6.04 Å². The Kier molecular flexibility index (Phi) is 3.86. The number of nitrogens with zero attached hydrogens (tertiary/aromatic N) is 2. The minimum Gasteiger partial charge on any atom is -0.313 e. The van der Waals surface area contributed by atoms with Gasteiger partial charge in [0.15, 0.2) is 0 Å². The zero-order chi connectivity index (χ0) is 12.2. The molecule has 0 saturated carbocycles. The molecule has 0 aromatic carbocycles. The van der Waals surface area contributed by atoms with Crippen molar-refractivity contribution in [3.05, 3.63) is 36.3 Å². The first-order valence-electron chi connectivity index (χ1n) is 6.65. The molecule has 1 atom stereocenters. The standard InChI is InChI=1S/C14H19N3S/c1-2-8-17-10-12(16-14(17)5-1)6-7-15-13-4-3-9-18-11-13/h1-2,5,8,10,13,15H,3-4,6-7,9,11H2. The lowest BCUT2D eigenvalue weighted by Crippen LogP contribution is -2.35. The fourth-order valence-electron chi connectivity index (χ4n) is 2.41. The molecule has 3 nitrogen and oxygen atoms in total. The lowest BCUT2D eigenvalue weighted by molar-refractivity contribution is 0.510. The molecule has 0 bridgehead atoms. The van der Waals surface area contributed by atoms with Gasteiger partial charge in [-0.05, 0) is 30.7 Å². The normalized spacial score (nSPS) is 20.3. The molecule has 4 heteroatoms. The van der Waals surface area contributed by atoms with Gasteiger partial charge in [-0.1, -0.05) is 6.07 Å². The molecule has 0 amide bonds. The molecular formula is C14H19N3S. The summed E-state index contributed by atoms with van der Waals surface area (Å²) in [7, 11) is 0. The summed E-state index contributed by atoms with van der Waals surface area (Å²) in [5.41, 5.74) is 2.22. The summed E-state index contributed by atoms with van der Waals surface area (Å²) < 4.78 is 2.09. The number of aromatic nitrogens is 2. The van der Waals surface area contributed by atoms with Gasteiger partial charge in [-0.15, -0.1) is 0 Å². The smallest absolute Gasteiger partial charge is 0.136 e. The SMILES string of the molecule is c1ccn2cc(CCNC3CCCSC3)nc2c1. The minimum atomic E-state index is 0.709. The van der Waals surface area contributed by atoms with Crippen molar-refractivity contribution in [2.45, 2.75) is 25.3 Å². The van der Waals surface area contributed by atoms with E-state index in [1.54, 1.807) is 0 Å². The topological polar surface area (TPSA) is 29.3 Å². The van der Waals surface area contributed by atoms with Crippen molar-refractivity contribution in [3.8, 4) is 0 Å². The fourth-order valence-corrected chi connectivity index (χ4v) is 3.52. The second-order valence-electron chi connectivity index (χ2n) is 4.82. The molecule has 3 heterocycles. The minimum absolute atomic E-state index is 0.709. The van der Waals surface area contributed by atoms with E-state index >= 15 is 0 Å². The third-order valence-electron chi connectivity index (χ3n) is 3.39. The van der Waals surface area contributed by atoms with E-state index in [-0.39, 0.29) is 0 Å². The second-order valence-corrected chi connectivity index (χ2v) is 5.97. The third kappa shape index (κ3) is 2.87. The van der Waals surface area contributed by atoms with Gasteiger partial charge in [0, 0.05) is 37.2 Å². The van der Waals surface area contributed by atoms with Gasteiger partial charge in [0.05, 0.1) is 5.69 Å². The largest absolute Gasteiger partial charge is 0.313 e. The van der Waals surface area contributed by atoms with Crippen LogP contribution in [0, 0.1) is 0 Å². The maximum atomic E-state index is 4.61. The van der Waals surface area contributed by atoms with Crippen LogP contribution in [0.1, 0.15) is 18.5 Å². The van der Waals surface area contributed by atoms with Crippen molar-refractivity contribution in [1.82, 2.24) is 14.7 Å². The van der Waals surface area contributed by atoms with Crippen LogP contribution in [-0.4, -0.2) is 33.5 Å². The van der Waals surface area contributed by atoms with Crippen LogP contribution in [0.3, 0.4) is 0 Å². The van der Waals surface area contributed by atoms with Gasteiger partial charge in [-0.3, -0.25) is 0 Å². The number of nitrogens with one attached hydrogen (secondary N) is 1. The lowest BCUT2D eigenvalue weighted by Gasteiger charge is -2.22. The average molecular weight is 261 g/mol. The highest BCUT2D eigenvalue weighted by Gasteiger charge is 2.12.